The van der Waals surface area contributed by atoms with Crippen molar-refractivity contribution in [3.8, 4) is 5.75 Å². The first-order valence-corrected chi connectivity index (χ1v) is 5.29. The Hall–Kier alpha value is -2.25. The van der Waals surface area contributed by atoms with Gasteiger partial charge in [-0.25, -0.2) is 9.59 Å². The fourth-order valence-corrected chi connectivity index (χ4v) is 1.26. The van der Waals surface area contributed by atoms with E-state index in [1.807, 2.05) is 0 Å². The van der Waals surface area contributed by atoms with Gasteiger partial charge < -0.3 is 14.2 Å². The van der Waals surface area contributed by atoms with Crippen LogP contribution in [0.3, 0.4) is 0 Å². The van der Waals surface area contributed by atoms with E-state index >= 15 is 0 Å². The van der Waals surface area contributed by atoms with E-state index in [4.69, 9.17) is 4.74 Å². The molecule has 0 aliphatic heterocycles. The minimum atomic E-state index is -5.05. The van der Waals surface area contributed by atoms with Crippen LogP contribution in [0.15, 0.2) is 24.3 Å². The number of rotatable bonds is 4. The smallest absolute Gasteiger partial charge is 0.436 e. The zero-order chi connectivity index (χ0) is 15.3. The molecule has 1 aromatic rings. The van der Waals surface area contributed by atoms with Crippen molar-refractivity contribution < 1.29 is 37.0 Å². The van der Waals surface area contributed by atoms with E-state index in [0.717, 1.165) is 7.11 Å². The number of halogens is 3. The predicted molar refractivity (Wildman–Crippen MR) is 60.3 cm³/mol. The molecule has 0 amide bonds. The molecule has 8 heteroatoms. The normalized spacial score (nSPS) is 12.4. The highest BCUT2D eigenvalue weighted by atomic mass is 19.4. The molecule has 1 unspecified atom stereocenters. The van der Waals surface area contributed by atoms with Gasteiger partial charge in [-0.1, -0.05) is 0 Å². The summed E-state index contributed by atoms with van der Waals surface area (Å²) in [6, 6.07) is 5.17. The number of esters is 2. The fraction of sp³-hybridized carbons (Fsp3) is 0.333. The zero-order valence-corrected chi connectivity index (χ0v) is 10.6. The first-order chi connectivity index (χ1) is 9.29. The van der Waals surface area contributed by atoms with Gasteiger partial charge in [0.15, 0.2) is 0 Å². The number of alkyl halides is 3. The number of benzene rings is 1. The molecule has 1 atom stereocenters. The van der Waals surface area contributed by atoms with Crippen LogP contribution in [-0.4, -0.2) is 38.4 Å². The van der Waals surface area contributed by atoms with Crippen LogP contribution in [0.4, 0.5) is 13.2 Å². The molecule has 0 aromatic heterocycles. The molecule has 0 radical (unpaired) electrons. The summed E-state index contributed by atoms with van der Waals surface area (Å²) in [7, 11) is 2.16. The SMILES string of the molecule is COC(=O)C(OC(=O)c1ccc(OC)cc1)C(F)(F)F. The van der Waals surface area contributed by atoms with Crippen LogP contribution in [0.25, 0.3) is 0 Å². The lowest BCUT2D eigenvalue weighted by Crippen LogP contribution is -2.41. The van der Waals surface area contributed by atoms with Crippen LogP contribution in [0.2, 0.25) is 0 Å². The highest BCUT2D eigenvalue weighted by molar-refractivity contribution is 5.91. The van der Waals surface area contributed by atoms with Crippen LogP contribution < -0.4 is 4.74 Å². The number of hydrogen-bond acceptors (Lipinski definition) is 5. The summed E-state index contributed by atoms with van der Waals surface area (Å²) in [5, 5.41) is 0. The monoisotopic (exact) mass is 292 g/mol. The number of ether oxygens (including phenoxy) is 3. The first kappa shape index (κ1) is 15.8. The van der Waals surface area contributed by atoms with E-state index in [1.54, 1.807) is 0 Å². The van der Waals surface area contributed by atoms with Crippen molar-refractivity contribution in [3.05, 3.63) is 29.8 Å². The molecule has 0 bridgehead atoms. The summed E-state index contributed by atoms with van der Waals surface area (Å²) in [5.74, 6) is -2.57. The van der Waals surface area contributed by atoms with Crippen LogP contribution >= 0.6 is 0 Å². The van der Waals surface area contributed by atoms with Crippen molar-refractivity contribution in [2.45, 2.75) is 12.3 Å². The highest BCUT2D eigenvalue weighted by Gasteiger charge is 2.49. The van der Waals surface area contributed by atoms with Gasteiger partial charge in [0.1, 0.15) is 5.75 Å². The fourth-order valence-electron chi connectivity index (χ4n) is 1.26. The maximum atomic E-state index is 12.6. The third kappa shape index (κ3) is 3.87. The summed E-state index contributed by atoms with van der Waals surface area (Å²) in [6.45, 7) is 0. The van der Waals surface area contributed by atoms with Gasteiger partial charge in [0, 0.05) is 0 Å². The van der Waals surface area contributed by atoms with E-state index in [2.05, 4.69) is 9.47 Å². The number of methoxy groups -OCH3 is 2. The Morgan fingerprint density at radius 3 is 2.05 bits per heavy atom. The van der Waals surface area contributed by atoms with E-state index < -0.39 is 24.2 Å². The van der Waals surface area contributed by atoms with E-state index in [1.165, 1.54) is 31.4 Å². The van der Waals surface area contributed by atoms with E-state index in [-0.39, 0.29) is 5.56 Å². The van der Waals surface area contributed by atoms with Crippen molar-refractivity contribution in [2.24, 2.45) is 0 Å². The topological polar surface area (TPSA) is 61.8 Å². The molecule has 0 saturated heterocycles. The van der Waals surface area contributed by atoms with Gasteiger partial charge in [-0.3, -0.25) is 0 Å². The van der Waals surface area contributed by atoms with Gasteiger partial charge in [0.2, 0.25) is 0 Å². The molecule has 5 nitrogen and oxygen atoms in total. The molecular formula is C12H11F3O5. The summed E-state index contributed by atoms with van der Waals surface area (Å²) in [5.41, 5.74) is -0.149. The van der Waals surface area contributed by atoms with Crippen molar-refractivity contribution in [3.63, 3.8) is 0 Å². The van der Waals surface area contributed by atoms with E-state index in [0.29, 0.717) is 5.75 Å². The Morgan fingerprint density at radius 2 is 1.65 bits per heavy atom. The largest absolute Gasteiger partial charge is 0.497 e. The first-order valence-electron chi connectivity index (χ1n) is 5.29. The summed E-state index contributed by atoms with van der Waals surface area (Å²) in [4.78, 5) is 22.5. The molecule has 0 fully saturated rings. The molecule has 0 aliphatic rings. The molecule has 0 saturated carbocycles. The number of carbonyl (C=O) groups excluding carboxylic acids is 2. The Bertz CT molecular complexity index is 481. The van der Waals surface area contributed by atoms with E-state index in [9.17, 15) is 22.8 Å². The Labute approximate surface area is 112 Å². The van der Waals surface area contributed by atoms with Gasteiger partial charge in [-0.2, -0.15) is 13.2 Å². The average molecular weight is 292 g/mol. The van der Waals surface area contributed by atoms with Crippen molar-refractivity contribution in [1.29, 1.82) is 0 Å². The number of hydrogen-bond donors (Lipinski definition) is 0. The number of carbonyl (C=O) groups is 2. The van der Waals surface area contributed by atoms with Crippen molar-refractivity contribution in [2.75, 3.05) is 14.2 Å². The summed E-state index contributed by atoms with van der Waals surface area (Å²) < 4.78 is 50.6. The minimum absolute atomic E-state index is 0.149. The lowest BCUT2D eigenvalue weighted by Gasteiger charge is -2.18. The Morgan fingerprint density at radius 1 is 1.10 bits per heavy atom. The standard InChI is InChI=1S/C12H11F3O5/c1-18-8-5-3-7(4-6-8)10(16)20-9(11(17)19-2)12(13,14)15/h3-6,9H,1-2H3. The van der Waals surface area contributed by atoms with Crippen molar-refractivity contribution in [1.82, 2.24) is 0 Å². The summed E-state index contributed by atoms with van der Waals surface area (Å²) >= 11 is 0. The van der Waals surface area contributed by atoms with Gasteiger partial charge in [-0.15, -0.1) is 0 Å². The van der Waals surface area contributed by atoms with Crippen LogP contribution in [0.1, 0.15) is 10.4 Å². The van der Waals surface area contributed by atoms with Crippen LogP contribution in [-0.2, 0) is 14.3 Å². The molecule has 0 heterocycles. The third-order valence-corrected chi connectivity index (χ3v) is 2.26. The van der Waals surface area contributed by atoms with Gasteiger partial charge in [-0.05, 0) is 24.3 Å². The maximum absolute atomic E-state index is 12.6. The molecule has 0 aliphatic carbocycles. The maximum Gasteiger partial charge on any atom is 0.436 e. The van der Waals surface area contributed by atoms with Gasteiger partial charge in [0.05, 0.1) is 19.8 Å². The second-order valence-corrected chi connectivity index (χ2v) is 3.58. The molecule has 1 aromatic carbocycles. The Kier molecular flexibility index (Phi) is 4.95. The van der Waals surface area contributed by atoms with Crippen LogP contribution in [0.5, 0.6) is 5.75 Å². The lowest BCUT2D eigenvalue weighted by molar-refractivity contribution is -0.216. The summed E-state index contributed by atoms with van der Waals surface area (Å²) in [6.07, 6.45) is -8.00. The van der Waals surface area contributed by atoms with Gasteiger partial charge >= 0.3 is 18.1 Å². The second kappa shape index (κ2) is 6.27. The average Bonchev–Trinajstić information content (AvgIpc) is 2.42. The highest BCUT2D eigenvalue weighted by Crippen LogP contribution is 2.25. The molecule has 110 valence electrons. The van der Waals surface area contributed by atoms with Crippen LogP contribution in [0, 0.1) is 0 Å². The molecular weight excluding hydrogens is 281 g/mol. The molecule has 1 rings (SSSR count). The lowest BCUT2D eigenvalue weighted by atomic mass is 10.2. The quantitative estimate of drug-likeness (QED) is 0.794. The minimum Gasteiger partial charge on any atom is -0.497 e. The van der Waals surface area contributed by atoms with Crippen molar-refractivity contribution >= 4 is 11.9 Å². The van der Waals surface area contributed by atoms with Gasteiger partial charge in [0.25, 0.3) is 6.10 Å². The Balaban J connectivity index is 2.87. The predicted octanol–water partition coefficient (Wildman–Crippen LogP) is 1.96. The molecule has 20 heavy (non-hydrogen) atoms. The second-order valence-electron chi connectivity index (χ2n) is 3.58. The third-order valence-electron chi connectivity index (χ3n) is 2.26. The molecule has 0 N–H and O–H groups in total. The zero-order valence-electron chi connectivity index (χ0n) is 10.6. The molecule has 0 spiro atoms.